The first kappa shape index (κ1) is 21.8. The molecule has 0 aromatic heterocycles. The number of fused-ring (bicyclic) bond motifs is 1. The van der Waals surface area contributed by atoms with Crippen LogP contribution in [0.4, 0.5) is 0 Å². The van der Waals surface area contributed by atoms with Crippen molar-refractivity contribution in [3.05, 3.63) is 58.1 Å². The summed E-state index contributed by atoms with van der Waals surface area (Å²) >= 11 is 0. The maximum Gasteiger partial charge on any atom is 0.293 e. The van der Waals surface area contributed by atoms with Gasteiger partial charge < -0.3 is 19.8 Å². The lowest BCUT2D eigenvalue weighted by Crippen LogP contribution is -2.63. The summed E-state index contributed by atoms with van der Waals surface area (Å²) in [4.78, 5) is 27.8. The number of likely N-dealkylation sites (tertiary alicyclic amines) is 1. The van der Waals surface area contributed by atoms with E-state index in [-0.39, 0.29) is 35.0 Å². The third kappa shape index (κ3) is 3.95. The van der Waals surface area contributed by atoms with E-state index in [1.165, 1.54) is 11.6 Å². The van der Waals surface area contributed by atoms with Crippen molar-refractivity contribution in [3.8, 4) is 11.5 Å². The summed E-state index contributed by atoms with van der Waals surface area (Å²) in [6.07, 6.45) is 2.02. The lowest BCUT2D eigenvalue weighted by atomic mass is 9.61. The van der Waals surface area contributed by atoms with Crippen LogP contribution in [0.25, 0.3) is 0 Å². The predicted octanol–water partition coefficient (Wildman–Crippen LogP) is 3.51. The number of hydrogen-bond acceptors (Lipinski definition) is 6. The molecule has 0 bridgehead atoms. The van der Waals surface area contributed by atoms with Crippen LogP contribution in [-0.2, 0) is 29.2 Å². The highest BCUT2D eigenvalue weighted by molar-refractivity contribution is 5.97. The largest absolute Gasteiger partial charge is 0.508 e. The van der Waals surface area contributed by atoms with Crippen LogP contribution in [0.1, 0.15) is 65.2 Å². The van der Waals surface area contributed by atoms with Gasteiger partial charge in [-0.15, -0.1) is 0 Å². The number of benzene rings is 2. The van der Waals surface area contributed by atoms with Crippen LogP contribution in [0.15, 0.2) is 30.3 Å². The number of ether oxygens (including phenoxy) is 1. The Hall–Kier alpha value is -3.06. The zero-order chi connectivity index (χ0) is 23.3. The van der Waals surface area contributed by atoms with Crippen LogP contribution in [0.2, 0.25) is 0 Å². The highest BCUT2D eigenvalue weighted by Crippen LogP contribution is 2.49. The molecule has 7 nitrogen and oxygen atoms in total. The number of phenolic OH excluding ortho intramolecular Hbond substituents is 2. The van der Waals surface area contributed by atoms with Gasteiger partial charge in [0.25, 0.3) is 12.4 Å². The molecule has 5 rings (SSSR count). The molecule has 2 heterocycles. The summed E-state index contributed by atoms with van der Waals surface area (Å²) in [6.45, 7) is 8.39. The molecule has 174 valence electrons. The topological polar surface area (TPSA) is 90.3 Å². The smallest absolute Gasteiger partial charge is 0.293 e. The molecule has 1 saturated carbocycles. The van der Waals surface area contributed by atoms with Gasteiger partial charge in [-0.25, -0.2) is 0 Å². The second-order valence-electron chi connectivity index (χ2n) is 10.3. The fraction of sp³-hybridized carbons (Fsp3) is 0.462. The Morgan fingerprint density at radius 3 is 2.55 bits per heavy atom. The van der Waals surface area contributed by atoms with Gasteiger partial charge >= 0.3 is 0 Å². The van der Waals surface area contributed by atoms with Crippen LogP contribution in [-0.4, -0.2) is 51.6 Å². The van der Waals surface area contributed by atoms with Crippen molar-refractivity contribution in [1.82, 2.24) is 9.80 Å². The molecule has 33 heavy (non-hydrogen) atoms. The van der Waals surface area contributed by atoms with E-state index in [1.54, 1.807) is 11.0 Å². The summed E-state index contributed by atoms with van der Waals surface area (Å²) in [5.41, 5.74) is 4.70. The molecule has 3 aliphatic rings. The first-order valence-electron chi connectivity index (χ1n) is 11.5. The van der Waals surface area contributed by atoms with Gasteiger partial charge in [0.2, 0.25) is 0 Å². The van der Waals surface area contributed by atoms with Crippen molar-refractivity contribution in [3.63, 3.8) is 0 Å². The maximum atomic E-state index is 13.2. The Morgan fingerprint density at radius 2 is 1.85 bits per heavy atom. The third-order valence-corrected chi connectivity index (χ3v) is 7.37. The predicted molar refractivity (Wildman–Crippen MR) is 122 cm³/mol. The summed E-state index contributed by atoms with van der Waals surface area (Å²) in [5, 5.41) is 20.4. The van der Waals surface area contributed by atoms with Crippen LogP contribution >= 0.6 is 0 Å². The number of carbonyl (C=O) groups excluding carboxylic acids is 2. The first-order valence-corrected chi connectivity index (χ1v) is 11.5. The molecule has 2 fully saturated rings. The Bertz CT molecular complexity index is 1100. The minimum atomic E-state index is -0.228. The molecule has 1 spiro atoms. The van der Waals surface area contributed by atoms with Crippen molar-refractivity contribution >= 4 is 12.4 Å². The van der Waals surface area contributed by atoms with Crippen molar-refractivity contribution < 1.29 is 24.5 Å². The molecule has 2 aromatic rings. The average Bonchev–Trinajstić information content (AvgIpc) is 3.13. The molecule has 2 aliphatic heterocycles. The van der Waals surface area contributed by atoms with E-state index < -0.39 is 0 Å². The first-order chi connectivity index (χ1) is 15.8. The number of rotatable bonds is 6. The molecule has 0 atom stereocenters. The summed E-state index contributed by atoms with van der Waals surface area (Å²) in [5.74, 6) is -0.370. The fourth-order valence-corrected chi connectivity index (χ4v) is 5.70. The van der Waals surface area contributed by atoms with E-state index in [1.807, 2.05) is 13.8 Å². The molecule has 0 unspecified atom stereocenters. The molecule has 2 N–H and O–H groups in total. The maximum absolute atomic E-state index is 13.2. The van der Waals surface area contributed by atoms with Gasteiger partial charge in [0.15, 0.2) is 0 Å². The Labute approximate surface area is 193 Å². The SMILES string of the molecule is CC(C)c1cc(C(=O)N2Cc3ccc(CN4CC5(CC(OC=O)C5)C4)cc3C2)c(O)cc1O. The number of hydrogen-bond donors (Lipinski definition) is 2. The third-order valence-electron chi connectivity index (χ3n) is 7.37. The van der Waals surface area contributed by atoms with E-state index in [0.29, 0.717) is 30.5 Å². The highest BCUT2D eigenvalue weighted by Gasteiger charge is 2.53. The minimum absolute atomic E-state index is 0.00913. The van der Waals surface area contributed by atoms with Crippen molar-refractivity contribution in [1.29, 1.82) is 0 Å². The zero-order valence-electron chi connectivity index (χ0n) is 19.1. The minimum Gasteiger partial charge on any atom is -0.508 e. The lowest BCUT2D eigenvalue weighted by molar-refractivity contribution is -0.165. The van der Waals surface area contributed by atoms with Crippen LogP contribution in [0, 0.1) is 5.41 Å². The second-order valence-corrected chi connectivity index (χ2v) is 10.3. The van der Waals surface area contributed by atoms with E-state index in [2.05, 4.69) is 23.1 Å². The number of amides is 1. The molecule has 7 heteroatoms. The van der Waals surface area contributed by atoms with Gasteiger partial charge in [0, 0.05) is 44.2 Å². The average molecular weight is 451 g/mol. The molecular weight excluding hydrogens is 420 g/mol. The number of aromatic hydroxyl groups is 2. The van der Waals surface area contributed by atoms with Gasteiger partial charge in [0.05, 0.1) is 5.56 Å². The summed E-state index contributed by atoms with van der Waals surface area (Å²) in [7, 11) is 0. The molecular formula is C26H30N2O5. The Balaban J connectivity index is 1.22. The van der Waals surface area contributed by atoms with Gasteiger partial charge in [0.1, 0.15) is 17.6 Å². The standard InChI is InChI=1S/C26H30N2O5/c1-16(2)21-6-22(24(31)7-23(21)30)25(32)28-11-18-4-3-17(5-19(18)12-28)10-27-13-26(14-27)8-20(9-26)33-15-29/h3-7,15-16,20,30-31H,8-14H2,1-2H3. The van der Waals surface area contributed by atoms with E-state index in [9.17, 15) is 19.8 Å². The molecule has 0 radical (unpaired) electrons. The number of carbonyl (C=O) groups is 2. The Kier molecular flexibility index (Phi) is 5.32. The summed E-state index contributed by atoms with van der Waals surface area (Å²) < 4.78 is 5.05. The molecule has 1 saturated heterocycles. The number of nitrogens with zero attached hydrogens (tertiary/aromatic N) is 2. The Morgan fingerprint density at radius 1 is 1.12 bits per heavy atom. The van der Waals surface area contributed by atoms with Crippen molar-refractivity contribution in [2.45, 2.75) is 58.3 Å². The molecule has 2 aromatic carbocycles. The van der Waals surface area contributed by atoms with Gasteiger partial charge in [-0.1, -0.05) is 32.0 Å². The number of phenols is 2. The van der Waals surface area contributed by atoms with Crippen LogP contribution in [0.5, 0.6) is 11.5 Å². The highest BCUT2D eigenvalue weighted by atomic mass is 16.5. The monoisotopic (exact) mass is 450 g/mol. The lowest BCUT2D eigenvalue weighted by Gasteiger charge is -2.58. The zero-order valence-corrected chi connectivity index (χ0v) is 19.1. The molecule has 1 amide bonds. The van der Waals surface area contributed by atoms with Gasteiger partial charge in [-0.3, -0.25) is 14.5 Å². The fourth-order valence-electron chi connectivity index (χ4n) is 5.70. The summed E-state index contributed by atoms with van der Waals surface area (Å²) in [6, 6.07) is 9.28. The van der Waals surface area contributed by atoms with Crippen LogP contribution in [0.3, 0.4) is 0 Å². The molecule has 1 aliphatic carbocycles. The van der Waals surface area contributed by atoms with Gasteiger partial charge in [-0.05, 0) is 47.1 Å². The van der Waals surface area contributed by atoms with E-state index >= 15 is 0 Å². The second kappa shape index (κ2) is 8.06. The quantitative estimate of drug-likeness (QED) is 0.655. The van der Waals surface area contributed by atoms with E-state index in [4.69, 9.17) is 4.74 Å². The van der Waals surface area contributed by atoms with Gasteiger partial charge in [-0.2, -0.15) is 0 Å². The normalized spacial score (nSPS) is 19.3. The van der Waals surface area contributed by atoms with E-state index in [0.717, 1.165) is 43.6 Å². The van der Waals surface area contributed by atoms with Crippen molar-refractivity contribution in [2.75, 3.05) is 13.1 Å². The van der Waals surface area contributed by atoms with Crippen LogP contribution < -0.4 is 0 Å². The van der Waals surface area contributed by atoms with Crippen molar-refractivity contribution in [2.24, 2.45) is 5.41 Å².